The monoisotopic (exact) mass is 381 g/mol. The molecule has 0 radical (unpaired) electrons. The van der Waals surface area contributed by atoms with E-state index in [1.807, 2.05) is 0 Å². The third-order valence-electron chi connectivity index (χ3n) is 3.63. The van der Waals surface area contributed by atoms with Gasteiger partial charge in [-0.3, -0.25) is 4.79 Å². The number of sulfonamides is 1. The molecule has 1 aromatic heterocycles. The van der Waals surface area contributed by atoms with E-state index in [1.54, 1.807) is 18.7 Å². The molecule has 0 saturated carbocycles. The van der Waals surface area contributed by atoms with Crippen LogP contribution in [0, 0.1) is 0 Å². The fourth-order valence-corrected chi connectivity index (χ4v) is 5.04. The molecule has 1 aliphatic heterocycles. The van der Waals surface area contributed by atoms with Crippen LogP contribution in [0.25, 0.3) is 0 Å². The summed E-state index contributed by atoms with van der Waals surface area (Å²) in [6.45, 7) is 2.15. The zero-order valence-electron chi connectivity index (χ0n) is 13.4. The van der Waals surface area contributed by atoms with Gasteiger partial charge in [0.1, 0.15) is 10.6 Å². The molecule has 2 heterocycles. The number of amides is 1. The van der Waals surface area contributed by atoms with Crippen LogP contribution < -0.4 is 0 Å². The Kier molecular flexibility index (Phi) is 6.64. The Hall–Kier alpha value is -1.13. The quantitative estimate of drug-likeness (QED) is 0.783. The average Bonchev–Trinajstić information content (AvgIpc) is 3.05. The first-order valence-corrected chi connectivity index (χ1v) is 10.3. The molecule has 0 spiro atoms. The third kappa shape index (κ3) is 4.48. The fraction of sp³-hybridized carbons (Fsp3) is 0.643. The number of hydrogen-bond donors (Lipinski definition) is 1. The van der Waals surface area contributed by atoms with Gasteiger partial charge >= 0.3 is 0 Å². The minimum atomic E-state index is -3.67. The Morgan fingerprint density at radius 2 is 2.08 bits per heavy atom. The van der Waals surface area contributed by atoms with Gasteiger partial charge in [0.2, 0.25) is 10.0 Å². The van der Waals surface area contributed by atoms with Crippen LogP contribution in [0.2, 0.25) is 0 Å². The number of halogens is 2. The van der Waals surface area contributed by atoms with Gasteiger partial charge in [0.25, 0.3) is 12.3 Å². The number of hydrogen-bond acceptors (Lipinski definition) is 4. The van der Waals surface area contributed by atoms with Crippen molar-refractivity contribution in [3.63, 3.8) is 0 Å². The van der Waals surface area contributed by atoms with Gasteiger partial charge in [-0.05, 0) is 12.5 Å². The summed E-state index contributed by atoms with van der Waals surface area (Å²) in [5.74, 6) is 0.843. The van der Waals surface area contributed by atoms with Crippen molar-refractivity contribution in [2.75, 3.05) is 37.7 Å². The molecule has 0 bridgehead atoms. The van der Waals surface area contributed by atoms with E-state index in [0.29, 0.717) is 19.5 Å². The lowest BCUT2D eigenvalue weighted by Gasteiger charge is -2.25. The van der Waals surface area contributed by atoms with Gasteiger partial charge in [0.05, 0.1) is 6.54 Å². The summed E-state index contributed by atoms with van der Waals surface area (Å²) in [6, 6.07) is 1.23. The number of rotatable bonds is 7. The highest BCUT2D eigenvalue weighted by atomic mass is 32.2. The van der Waals surface area contributed by atoms with Crippen LogP contribution in [-0.2, 0) is 10.0 Å². The molecule has 1 amide bonds. The Morgan fingerprint density at radius 1 is 1.42 bits per heavy atom. The van der Waals surface area contributed by atoms with Crippen molar-refractivity contribution in [1.82, 2.24) is 14.2 Å². The van der Waals surface area contributed by atoms with Gasteiger partial charge in [0, 0.05) is 37.3 Å². The summed E-state index contributed by atoms with van der Waals surface area (Å²) in [5, 5.41) is 0. The molecular formula is C14H21F2N3O3S2. The molecule has 1 aromatic rings. The largest absolute Gasteiger partial charge is 0.356 e. The van der Waals surface area contributed by atoms with Gasteiger partial charge in [-0.2, -0.15) is 16.1 Å². The number of aromatic nitrogens is 1. The summed E-state index contributed by atoms with van der Waals surface area (Å²) >= 11 is 1.69. The summed E-state index contributed by atoms with van der Waals surface area (Å²) in [5.41, 5.74) is 0.00839. The van der Waals surface area contributed by atoms with Crippen LogP contribution in [-0.4, -0.2) is 72.6 Å². The van der Waals surface area contributed by atoms with Crippen LogP contribution >= 0.6 is 11.8 Å². The second kappa shape index (κ2) is 8.30. The number of aromatic amines is 1. The Balaban J connectivity index is 2.17. The Morgan fingerprint density at radius 3 is 2.67 bits per heavy atom. The highest BCUT2D eigenvalue weighted by Crippen LogP contribution is 2.21. The number of thioether (sulfide) groups is 1. The topological polar surface area (TPSA) is 73.5 Å². The maximum Gasteiger partial charge on any atom is 0.270 e. The molecule has 1 N–H and O–H groups in total. The van der Waals surface area contributed by atoms with Crippen molar-refractivity contribution in [2.45, 2.75) is 24.7 Å². The average molecular weight is 381 g/mol. The molecule has 1 aliphatic rings. The minimum absolute atomic E-state index is 0.00811. The van der Waals surface area contributed by atoms with Crippen LogP contribution in [0.3, 0.4) is 0 Å². The van der Waals surface area contributed by atoms with Crippen LogP contribution in [0.4, 0.5) is 8.78 Å². The molecular weight excluding hydrogens is 360 g/mol. The van der Waals surface area contributed by atoms with Crippen molar-refractivity contribution >= 4 is 27.7 Å². The number of H-pyrrole nitrogens is 1. The van der Waals surface area contributed by atoms with Crippen molar-refractivity contribution in [3.8, 4) is 0 Å². The van der Waals surface area contributed by atoms with Crippen LogP contribution in [0.5, 0.6) is 0 Å². The van der Waals surface area contributed by atoms with Crippen molar-refractivity contribution in [1.29, 1.82) is 0 Å². The zero-order chi connectivity index (χ0) is 17.7. The minimum Gasteiger partial charge on any atom is -0.356 e. The maximum absolute atomic E-state index is 12.6. The van der Waals surface area contributed by atoms with E-state index in [2.05, 4.69) is 4.98 Å². The standard InChI is InChI=1S/C14H21F2N3O3S2/c1-2-3-18(10-13(15)16)14(20)12-8-11(9-17-12)24(21,22)19-4-6-23-7-5-19/h8-9,13,17H,2-7,10H2,1H3. The molecule has 0 aromatic carbocycles. The van der Waals surface area contributed by atoms with E-state index in [9.17, 15) is 22.0 Å². The predicted octanol–water partition coefficient (Wildman–Crippen LogP) is 1.87. The fourth-order valence-electron chi connectivity index (χ4n) is 2.47. The van der Waals surface area contributed by atoms with Crippen molar-refractivity contribution < 1.29 is 22.0 Å². The van der Waals surface area contributed by atoms with Gasteiger partial charge in [-0.25, -0.2) is 17.2 Å². The summed E-state index contributed by atoms with van der Waals surface area (Å²) in [6.07, 6.45) is -0.850. The summed E-state index contributed by atoms with van der Waals surface area (Å²) < 4.78 is 51.7. The van der Waals surface area contributed by atoms with Crippen molar-refractivity contribution in [3.05, 3.63) is 18.0 Å². The smallest absolute Gasteiger partial charge is 0.270 e. The van der Waals surface area contributed by atoms with E-state index in [4.69, 9.17) is 0 Å². The van der Waals surface area contributed by atoms with Crippen molar-refractivity contribution in [2.24, 2.45) is 0 Å². The zero-order valence-corrected chi connectivity index (χ0v) is 15.0. The molecule has 2 rings (SSSR count). The second-order valence-corrected chi connectivity index (χ2v) is 8.57. The van der Waals surface area contributed by atoms with Gasteiger partial charge in [0.15, 0.2) is 0 Å². The summed E-state index contributed by atoms with van der Waals surface area (Å²) in [4.78, 5) is 16.0. The number of alkyl halides is 2. The first-order valence-electron chi connectivity index (χ1n) is 7.70. The van der Waals surface area contributed by atoms with E-state index < -0.39 is 28.9 Å². The van der Waals surface area contributed by atoms with E-state index in [0.717, 1.165) is 16.4 Å². The summed E-state index contributed by atoms with van der Waals surface area (Å²) in [7, 11) is -3.67. The normalized spacial score (nSPS) is 16.5. The van der Waals surface area contributed by atoms with E-state index in [1.165, 1.54) is 16.6 Å². The Labute approximate surface area is 144 Å². The molecule has 0 atom stereocenters. The number of nitrogens with one attached hydrogen (secondary N) is 1. The molecule has 136 valence electrons. The molecule has 1 saturated heterocycles. The SMILES string of the molecule is CCCN(CC(F)F)C(=O)c1cc(S(=O)(=O)N2CCSCC2)c[nH]1. The molecule has 1 fully saturated rings. The molecule has 24 heavy (non-hydrogen) atoms. The highest BCUT2D eigenvalue weighted by molar-refractivity contribution is 7.99. The van der Waals surface area contributed by atoms with Gasteiger partial charge < -0.3 is 9.88 Å². The number of carbonyl (C=O) groups excluding carboxylic acids is 1. The molecule has 6 nitrogen and oxygen atoms in total. The molecule has 0 aliphatic carbocycles. The molecule has 10 heteroatoms. The van der Waals surface area contributed by atoms with Crippen LogP contribution in [0.1, 0.15) is 23.8 Å². The lowest BCUT2D eigenvalue weighted by molar-refractivity contribution is 0.0551. The lowest BCUT2D eigenvalue weighted by atomic mass is 10.3. The number of carbonyl (C=O) groups is 1. The first-order chi connectivity index (χ1) is 11.4. The predicted molar refractivity (Wildman–Crippen MR) is 89.1 cm³/mol. The lowest BCUT2D eigenvalue weighted by Crippen LogP contribution is -2.37. The Bertz CT molecular complexity index is 658. The highest BCUT2D eigenvalue weighted by Gasteiger charge is 2.29. The second-order valence-electron chi connectivity index (χ2n) is 5.41. The molecule has 0 unspecified atom stereocenters. The first kappa shape index (κ1) is 19.2. The third-order valence-corrected chi connectivity index (χ3v) is 6.45. The maximum atomic E-state index is 12.6. The van der Waals surface area contributed by atoms with Gasteiger partial charge in [-0.15, -0.1) is 0 Å². The number of nitrogens with zero attached hydrogens (tertiary/aromatic N) is 2. The van der Waals surface area contributed by atoms with E-state index in [-0.39, 0.29) is 17.1 Å². The van der Waals surface area contributed by atoms with E-state index >= 15 is 0 Å². The van der Waals surface area contributed by atoms with Crippen LogP contribution in [0.15, 0.2) is 17.2 Å². The van der Waals surface area contributed by atoms with Gasteiger partial charge in [-0.1, -0.05) is 6.92 Å².